The van der Waals surface area contributed by atoms with Crippen LogP contribution in [0.2, 0.25) is 0 Å². The van der Waals surface area contributed by atoms with Crippen LogP contribution in [0, 0.1) is 0 Å². The van der Waals surface area contributed by atoms with Crippen LogP contribution >= 0.6 is 0 Å². The van der Waals surface area contributed by atoms with Gasteiger partial charge in [0.15, 0.2) is 0 Å². The number of nitrogens with one attached hydrogen (secondary N) is 1. The molecule has 0 aliphatic heterocycles. The summed E-state index contributed by atoms with van der Waals surface area (Å²) in [5.41, 5.74) is 0. The average Bonchev–Trinajstić information content (AvgIpc) is 1.63. The molecule has 4 nitrogen and oxygen atoms in total. The van der Waals surface area contributed by atoms with Crippen molar-refractivity contribution in [1.82, 2.24) is 5.32 Å². The van der Waals surface area contributed by atoms with E-state index in [9.17, 15) is 4.79 Å². The average molecular weight is 133 g/mol. The van der Waals surface area contributed by atoms with E-state index < -0.39 is 12.1 Å². The van der Waals surface area contributed by atoms with Crippen LogP contribution < -0.4 is 5.32 Å². The topological polar surface area (TPSA) is 69.6 Å². The van der Waals surface area contributed by atoms with E-state index in [1.807, 2.05) is 0 Å². The zero-order chi connectivity index (χ0) is 7.28. The molecule has 0 aliphatic carbocycles. The maximum Gasteiger partial charge on any atom is 0.317 e. The zero-order valence-corrected chi connectivity index (χ0v) is 5.29. The smallest absolute Gasteiger partial charge is 0.317 e. The number of hydrogen-bond acceptors (Lipinski definition) is 3. The maximum atomic E-state index is 9.84. The Labute approximate surface area is 53.5 Å². The lowest BCUT2D eigenvalue weighted by molar-refractivity contribution is -0.136. The molecule has 0 aromatic carbocycles. The van der Waals surface area contributed by atoms with Crippen molar-refractivity contribution in [1.29, 1.82) is 0 Å². The largest absolute Gasteiger partial charge is 0.480 e. The molecule has 3 N–H and O–H groups in total. The van der Waals surface area contributed by atoms with Gasteiger partial charge in [-0.05, 0) is 6.92 Å². The first-order valence-corrected chi connectivity index (χ1v) is 2.73. The Bertz CT molecular complexity index is 92.2. The fourth-order valence-electron chi connectivity index (χ4n) is 0.388. The van der Waals surface area contributed by atoms with E-state index in [4.69, 9.17) is 10.2 Å². The number of aliphatic hydroxyl groups excluding tert-OH is 1. The van der Waals surface area contributed by atoms with Crippen LogP contribution in [0.25, 0.3) is 0 Å². The van der Waals surface area contributed by atoms with Gasteiger partial charge in [-0.15, -0.1) is 0 Å². The summed E-state index contributed by atoms with van der Waals surface area (Å²) in [6, 6.07) is 0. The highest BCUT2D eigenvalue weighted by molar-refractivity contribution is 5.68. The molecule has 0 saturated heterocycles. The number of aliphatic hydroxyl groups is 1. The van der Waals surface area contributed by atoms with Crippen LogP contribution in [-0.2, 0) is 4.79 Å². The number of rotatable bonds is 4. The lowest BCUT2D eigenvalue weighted by Crippen LogP contribution is -2.29. The third-order valence-electron chi connectivity index (χ3n) is 0.716. The van der Waals surface area contributed by atoms with Gasteiger partial charge in [-0.3, -0.25) is 4.79 Å². The van der Waals surface area contributed by atoms with Crippen LogP contribution in [-0.4, -0.2) is 35.4 Å². The normalized spacial score (nSPS) is 13.1. The molecule has 0 spiro atoms. The second-order valence-electron chi connectivity index (χ2n) is 1.87. The standard InChI is InChI=1S/C5H11NO3/c1-4(7)2-6-3-5(8)9/h4,6-7H,2-3H2,1H3,(H,8,9)/t4-/m0/s1. The summed E-state index contributed by atoms with van der Waals surface area (Å²) in [6.45, 7) is 1.83. The molecule has 0 amide bonds. The molecule has 54 valence electrons. The molecule has 0 radical (unpaired) electrons. The highest BCUT2D eigenvalue weighted by Gasteiger charge is 1.96. The second kappa shape index (κ2) is 4.29. The van der Waals surface area contributed by atoms with E-state index in [1.165, 1.54) is 0 Å². The molecule has 0 aromatic rings. The third-order valence-corrected chi connectivity index (χ3v) is 0.716. The summed E-state index contributed by atoms with van der Waals surface area (Å²) < 4.78 is 0. The van der Waals surface area contributed by atoms with Crippen molar-refractivity contribution in [2.45, 2.75) is 13.0 Å². The van der Waals surface area contributed by atoms with Gasteiger partial charge in [-0.25, -0.2) is 0 Å². The first-order valence-electron chi connectivity index (χ1n) is 2.73. The minimum Gasteiger partial charge on any atom is -0.480 e. The van der Waals surface area contributed by atoms with E-state index in [-0.39, 0.29) is 6.54 Å². The van der Waals surface area contributed by atoms with Gasteiger partial charge < -0.3 is 15.5 Å². The number of aliphatic carboxylic acids is 1. The van der Waals surface area contributed by atoms with Gasteiger partial charge in [0.2, 0.25) is 0 Å². The van der Waals surface area contributed by atoms with Crippen LogP contribution in [0.15, 0.2) is 0 Å². The summed E-state index contributed by atoms with van der Waals surface area (Å²) in [7, 11) is 0. The van der Waals surface area contributed by atoms with Crippen LogP contribution in [0.1, 0.15) is 6.92 Å². The number of hydrogen-bond donors (Lipinski definition) is 3. The highest BCUT2D eigenvalue weighted by atomic mass is 16.4. The number of carboxylic acids is 1. The van der Waals surface area contributed by atoms with E-state index in [0.717, 1.165) is 0 Å². The minimum absolute atomic E-state index is 0.0924. The molecular formula is C5H11NO3. The summed E-state index contributed by atoms with van der Waals surface area (Å²) in [5, 5.41) is 19.2. The molecular weight excluding hydrogens is 122 g/mol. The quantitative estimate of drug-likeness (QED) is 0.462. The van der Waals surface area contributed by atoms with Gasteiger partial charge >= 0.3 is 5.97 Å². The van der Waals surface area contributed by atoms with Crippen molar-refractivity contribution in [3.63, 3.8) is 0 Å². The molecule has 0 aromatic heterocycles. The third kappa shape index (κ3) is 7.39. The second-order valence-corrected chi connectivity index (χ2v) is 1.87. The molecule has 4 heteroatoms. The molecule has 0 aliphatic rings. The Morgan fingerprint density at radius 3 is 2.67 bits per heavy atom. The monoisotopic (exact) mass is 133 g/mol. The molecule has 0 rings (SSSR count). The first kappa shape index (κ1) is 8.39. The van der Waals surface area contributed by atoms with Crippen molar-refractivity contribution in [2.24, 2.45) is 0 Å². The predicted molar refractivity (Wildman–Crippen MR) is 32.2 cm³/mol. The van der Waals surface area contributed by atoms with Crippen LogP contribution in [0.4, 0.5) is 0 Å². The molecule has 0 saturated carbocycles. The van der Waals surface area contributed by atoms with Gasteiger partial charge in [0.05, 0.1) is 12.6 Å². The van der Waals surface area contributed by atoms with Crippen molar-refractivity contribution in [3.8, 4) is 0 Å². The van der Waals surface area contributed by atoms with Gasteiger partial charge in [0.25, 0.3) is 0 Å². The van der Waals surface area contributed by atoms with E-state index in [0.29, 0.717) is 6.54 Å². The highest BCUT2D eigenvalue weighted by Crippen LogP contribution is 1.72. The van der Waals surface area contributed by atoms with Crippen molar-refractivity contribution in [2.75, 3.05) is 13.1 Å². The SMILES string of the molecule is C[C@H](O)CNCC(=O)O. The van der Waals surface area contributed by atoms with Crippen molar-refractivity contribution >= 4 is 5.97 Å². The molecule has 9 heavy (non-hydrogen) atoms. The van der Waals surface area contributed by atoms with Gasteiger partial charge in [0, 0.05) is 6.54 Å². The summed E-state index contributed by atoms with van der Waals surface area (Å²) in [6.07, 6.45) is -0.482. The van der Waals surface area contributed by atoms with E-state index in [2.05, 4.69) is 5.32 Å². The van der Waals surface area contributed by atoms with Gasteiger partial charge in [-0.2, -0.15) is 0 Å². The first-order chi connectivity index (χ1) is 4.13. The molecule has 0 heterocycles. The van der Waals surface area contributed by atoms with Crippen molar-refractivity contribution < 1.29 is 15.0 Å². The van der Waals surface area contributed by atoms with E-state index >= 15 is 0 Å². The Kier molecular flexibility index (Phi) is 4.00. The Morgan fingerprint density at radius 1 is 1.78 bits per heavy atom. The van der Waals surface area contributed by atoms with E-state index in [1.54, 1.807) is 6.92 Å². The Balaban J connectivity index is 3.01. The number of carbonyl (C=O) groups is 1. The summed E-state index contributed by atoms with van der Waals surface area (Å²) in [5.74, 6) is -0.907. The molecule has 0 unspecified atom stereocenters. The fraction of sp³-hybridized carbons (Fsp3) is 0.800. The minimum atomic E-state index is -0.907. The van der Waals surface area contributed by atoms with Crippen molar-refractivity contribution in [3.05, 3.63) is 0 Å². The van der Waals surface area contributed by atoms with Gasteiger partial charge in [-0.1, -0.05) is 0 Å². The zero-order valence-electron chi connectivity index (χ0n) is 5.29. The molecule has 1 atom stereocenters. The Hall–Kier alpha value is -0.610. The summed E-state index contributed by atoms with van der Waals surface area (Å²) >= 11 is 0. The van der Waals surface area contributed by atoms with Crippen LogP contribution in [0.5, 0.6) is 0 Å². The summed E-state index contributed by atoms with van der Waals surface area (Å²) in [4.78, 5) is 9.84. The van der Waals surface area contributed by atoms with Gasteiger partial charge in [0.1, 0.15) is 0 Å². The maximum absolute atomic E-state index is 9.84. The lowest BCUT2D eigenvalue weighted by Gasteiger charge is -2.02. The molecule has 0 fully saturated rings. The Morgan fingerprint density at radius 2 is 2.33 bits per heavy atom. The number of carboxylic acid groups (broad SMARTS) is 1. The lowest BCUT2D eigenvalue weighted by atomic mass is 10.4. The predicted octanol–water partition coefficient (Wildman–Crippen LogP) is -0.959. The fourth-order valence-corrected chi connectivity index (χ4v) is 0.388. The van der Waals surface area contributed by atoms with Crippen LogP contribution in [0.3, 0.4) is 0 Å². The molecule has 0 bridgehead atoms.